The van der Waals surface area contributed by atoms with Gasteiger partial charge in [-0.2, -0.15) is 4.98 Å². The molecule has 2 amide bonds. The third kappa shape index (κ3) is 3.65. The Morgan fingerprint density at radius 1 is 1.25 bits per heavy atom. The Bertz CT molecular complexity index is 1010. The quantitative estimate of drug-likeness (QED) is 0.610. The van der Waals surface area contributed by atoms with E-state index in [-0.39, 0.29) is 24.2 Å². The molecule has 0 bridgehead atoms. The molecule has 28 heavy (non-hydrogen) atoms. The van der Waals surface area contributed by atoms with Gasteiger partial charge in [0.15, 0.2) is 0 Å². The molecular weight excluding hydrogens is 426 g/mol. The van der Waals surface area contributed by atoms with Crippen LogP contribution in [0.4, 0.5) is 5.69 Å². The van der Waals surface area contributed by atoms with E-state index in [9.17, 15) is 9.59 Å². The zero-order valence-electron chi connectivity index (χ0n) is 14.7. The fourth-order valence-corrected chi connectivity index (χ4v) is 3.56. The number of halogens is 1. The first-order valence-corrected chi connectivity index (χ1v) is 9.49. The van der Waals surface area contributed by atoms with Crippen LogP contribution in [0, 0.1) is 5.92 Å². The van der Waals surface area contributed by atoms with E-state index in [0.29, 0.717) is 18.8 Å². The van der Waals surface area contributed by atoms with Crippen molar-refractivity contribution < 1.29 is 14.1 Å². The number of para-hydroxylation sites is 1. The lowest BCUT2D eigenvalue weighted by Crippen LogP contribution is -2.36. The smallest absolute Gasteiger partial charge is 0.246 e. The molecule has 1 aromatic carbocycles. The Balaban J connectivity index is 1.38. The van der Waals surface area contributed by atoms with E-state index in [1.807, 2.05) is 24.3 Å². The van der Waals surface area contributed by atoms with Crippen molar-refractivity contribution in [3.8, 4) is 11.4 Å². The fraction of sp³-hybridized carbons (Fsp3) is 0.211. The topological polar surface area (TPSA) is 101 Å². The first-order chi connectivity index (χ1) is 13.6. The second kappa shape index (κ2) is 7.89. The van der Waals surface area contributed by atoms with Crippen molar-refractivity contribution in [2.75, 3.05) is 11.4 Å². The molecule has 0 spiro atoms. The second-order valence-corrected chi connectivity index (χ2v) is 7.10. The first kappa shape index (κ1) is 18.3. The molecule has 3 aromatic rings. The van der Waals surface area contributed by atoms with Crippen LogP contribution in [-0.4, -0.2) is 33.5 Å². The SMILES string of the molecule is O=C(NCc1nc(-c2ccncc2)no1)C1CCN(c2ccccc2Br)C1=O. The van der Waals surface area contributed by atoms with E-state index in [1.165, 1.54) is 0 Å². The van der Waals surface area contributed by atoms with Crippen molar-refractivity contribution >= 4 is 33.4 Å². The van der Waals surface area contributed by atoms with Crippen molar-refractivity contribution in [3.05, 3.63) is 59.2 Å². The summed E-state index contributed by atoms with van der Waals surface area (Å²) in [6, 6.07) is 11.0. The van der Waals surface area contributed by atoms with Gasteiger partial charge >= 0.3 is 0 Å². The summed E-state index contributed by atoms with van der Waals surface area (Å²) in [5.41, 5.74) is 1.54. The molecule has 4 rings (SSSR count). The molecule has 1 unspecified atom stereocenters. The van der Waals surface area contributed by atoms with Gasteiger partial charge in [0.2, 0.25) is 23.5 Å². The summed E-state index contributed by atoms with van der Waals surface area (Å²) in [7, 11) is 0. The number of rotatable bonds is 5. The zero-order valence-corrected chi connectivity index (χ0v) is 16.3. The van der Waals surface area contributed by atoms with Crippen molar-refractivity contribution in [3.63, 3.8) is 0 Å². The van der Waals surface area contributed by atoms with E-state index in [0.717, 1.165) is 15.7 Å². The van der Waals surface area contributed by atoms with Crippen molar-refractivity contribution in [1.29, 1.82) is 0 Å². The van der Waals surface area contributed by atoms with Crippen LogP contribution in [0.25, 0.3) is 11.4 Å². The minimum absolute atomic E-state index is 0.0652. The maximum Gasteiger partial charge on any atom is 0.246 e. The summed E-state index contributed by atoms with van der Waals surface area (Å²) in [5.74, 6) is -0.595. The van der Waals surface area contributed by atoms with Crippen molar-refractivity contribution in [1.82, 2.24) is 20.4 Å². The molecule has 0 saturated carbocycles. The average molecular weight is 442 g/mol. The Morgan fingerprint density at radius 3 is 2.82 bits per heavy atom. The summed E-state index contributed by atoms with van der Waals surface area (Å²) < 4.78 is 5.99. The minimum atomic E-state index is -0.727. The van der Waals surface area contributed by atoms with Gasteiger partial charge in [-0.15, -0.1) is 0 Å². The Hall–Kier alpha value is -3.07. The summed E-state index contributed by atoms with van der Waals surface area (Å²) >= 11 is 3.45. The van der Waals surface area contributed by atoms with E-state index >= 15 is 0 Å². The highest BCUT2D eigenvalue weighted by Gasteiger charge is 2.38. The number of anilines is 1. The summed E-state index contributed by atoms with van der Waals surface area (Å²) in [6.07, 6.45) is 3.73. The van der Waals surface area contributed by atoms with Crippen LogP contribution < -0.4 is 10.2 Å². The van der Waals surface area contributed by atoms with Gasteiger partial charge in [0.1, 0.15) is 5.92 Å². The predicted octanol–water partition coefficient (Wildman–Crippen LogP) is 2.56. The second-order valence-electron chi connectivity index (χ2n) is 6.25. The number of nitrogens with zero attached hydrogens (tertiary/aromatic N) is 4. The number of amides is 2. The maximum absolute atomic E-state index is 12.7. The molecule has 1 aliphatic rings. The highest BCUT2D eigenvalue weighted by molar-refractivity contribution is 9.10. The minimum Gasteiger partial charge on any atom is -0.346 e. The van der Waals surface area contributed by atoms with Crippen LogP contribution in [0.1, 0.15) is 12.3 Å². The number of nitrogens with one attached hydrogen (secondary N) is 1. The average Bonchev–Trinajstić information content (AvgIpc) is 3.34. The van der Waals surface area contributed by atoms with E-state index in [2.05, 4.69) is 36.4 Å². The van der Waals surface area contributed by atoms with Gasteiger partial charge < -0.3 is 14.7 Å². The van der Waals surface area contributed by atoms with E-state index in [4.69, 9.17) is 4.52 Å². The standard InChI is InChI=1S/C19H16BrN5O3/c20-14-3-1-2-4-15(14)25-10-7-13(19(25)27)18(26)22-11-16-23-17(24-28-16)12-5-8-21-9-6-12/h1-6,8-9,13H,7,10-11H2,(H,22,26). The molecule has 1 N–H and O–H groups in total. The van der Waals surface area contributed by atoms with Gasteiger partial charge in [-0.1, -0.05) is 17.3 Å². The molecule has 1 aliphatic heterocycles. The molecule has 9 heteroatoms. The molecule has 8 nitrogen and oxygen atoms in total. The monoisotopic (exact) mass is 441 g/mol. The lowest BCUT2D eigenvalue weighted by atomic mass is 10.1. The number of hydrogen-bond donors (Lipinski definition) is 1. The van der Waals surface area contributed by atoms with Crippen LogP contribution in [-0.2, 0) is 16.1 Å². The van der Waals surface area contributed by atoms with Gasteiger partial charge in [0, 0.05) is 29.0 Å². The number of benzene rings is 1. The van der Waals surface area contributed by atoms with Crippen LogP contribution in [0.3, 0.4) is 0 Å². The third-order valence-corrected chi connectivity index (χ3v) is 5.16. The summed E-state index contributed by atoms with van der Waals surface area (Å²) in [6.45, 7) is 0.558. The van der Waals surface area contributed by atoms with Gasteiger partial charge in [-0.05, 0) is 46.6 Å². The first-order valence-electron chi connectivity index (χ1n) is 8.70. The molecule has 1 atom stereocenters. The van der Waals surface area contributed by atoms with Crippen molar-refractivity contribution in [2.45, 2.75) is 13.0 Å². The number of carbonyl (C=O) groups excluding carboxylic acids is 2. The Labute approximate surface area is 169 Å². The van der Waals surface area contributed by atoms with Crippen LogP contribution in [0.5, 0.6) is 0 Å². The van der Waals surface area contributed by atoms with Gasteiger partial charge in [-0.3, -0.25) is 14.6 Å². The van der Waals surface area contributed by atoms with E-state index in [1.54, 1.807) is 29.4 Å². The molecule has 3 heterocycles. The van der Waals surface area contributed by atoms with Gasteiger partial charge in [-0.25, -0.2) is 0 Å². The molecule has 1 saturated heterocycles. The highest BCUT2D eigenvalue weighted by Crippen LogP contribution is 2.31. The fourth-order valence-electron chi connectivity index (χ4n) is 3.06. The molecule has 0 aliphatic carbocycles. The third-order valence-electron chi connectivity index (χ3n) is 4.49. The predicted molar refractivity (Wildman–Crippen MR) is 104 cm³/mol. The lowest BCUT2D eigenvalue weighted by molar-refractivity contribution is -0.132. The Kier molecular flexibility index (Phi) is 5.16. The summed E-state index contributed by atoms with van der Waals surface area (Å²) in [4.78, 5) is 35.0. The molecule has 0 radical (unpaired) electrons. The molecular formula is C19H16BrN5O3. The maximum atomic E-state index is 12.7. The number of hydrogen-bond acceptors (Lipinski definition) is 6. The number of aromatic nitrogens is 3. The van der Waals surface area contributed by atoms with Crippen LogP contribution in [0.15, 0.2) is 57.8 Å². The van der Waals surface area contributed by atoms with Gasteiger partial charge in [0.05, 0.1) is 12.2 Å². The molecule has 1 fully saturated rings. The van der Waals surface area contributed by atoms with Gasteiger partial charge in [0.25, 0.3) is 0 Å². The normalized spacial score (nSPS) is 16.4. The van der Waals surface area contributed by atoms with Crippen LogP contribution >= 0.6 is 15.9 Å². The largest absolute Gasteiger partial charge is 0.346 e. The highest BCUT2D eigenvalue weighted by atomic mass is 79.9. The van der Waals surface area contributed by atoms with Crippen LogP contribution in [0.2, 0.25) is 0 Å². The number of pyridine rings is 1. The summed E-state index contributed by atoms with van der Waals surface area (Å²) in [5, 5.41) is 6.61. The lowest BCUT2D eigenvalue weighted by Gasteiger charge is -2.18. The number of carbonyl (C=O) groups is 2. The zero-order chi connectivity index (χ0) is 19.5. The van der Waals surface area contributed by atoms with E-state index < -0.39 is 5.92 Å². The Morgan fingerprint density at radius 2 is 2.04 bits per heavy atom. The molecule has 2 aromatic heterocycles. The van der Waals surface area contributed by atoms with Crippen molar-refractivity contribution in [2.24, 2.45) is 5.92 Å². The molecule has 142 valence electrons.